The SMILES string of the molecule is CC1(C(CC(=O)O)n2cccn2)CC1. The zero-order chi connectivity index (χ0) is 10.2. The van der Waals surface area contributed by atoms with E-state index in [0.717, 1.165) is 12.8 Å². The predicted molar refractivity (Wildman–Crippen MR) is 50.9 cm³/mol. The summed E-state index contributed by atoms with van der Waals surface area (Å²) >= 11 is 0. The average molecular weight is 194 g/mol. The summed E-state index contributed by atoms with van der Waals surface area (Å²) in [6.07, 6.45) is 5.91. The normalized spacial score (nSPS) is 20.4. The van der Waals surface area contributed by atoms with Crippen LogP contribution in [0.25, 0.3) is 0 Å². The molecule has 1 N–H and O–H groups in total. The van der Waals surface area contributed by atoms with Crippen LogP contribution in [0.1, 0.15) is 32.2 Å². The second-order valence-electron chi connectivity index (χ2n) is 4.25. The maximum atomic E-state index is 10.7. The molecule has 0 aromatic carbocycles. The molecule has 1 unspecified atom stereocenters. The van der Waals surface area contributed by atoms with Gasteiger partial charge in [0.2, 0.25) is 0 Å². The van der Waals surface area contributed by atoms with Crippen molar-refractivity contribution in [2.45, 2.75) is 32.2 Å². The maximum absolute atomic E-state index is 10.7. The maximum Gasteiger partial charge on any atom is 0.305 e. The Hall–Kier alpha value is -1.32. The van der Waals surface area contributed by atoms with Gasteiger partial charge >= 0.3 is 5.97 Å². The molecule has 1 atom stereocenters. The van der Waals surface area contributed by atoms with E-state index in [4.69, 9.17) is 5.11 Å². The number of carboxylic acids is 1. The van der Waals surface area contributed by atoms with Crippen molar-refractivity contribution in [1.82, 2.24) is 9.78 Å². The Morgan fingerprint density at radius 1 is 1.71 bits per heavy atom. The molecule has 1 aromatic rings. The molecule has 1 saturated carbocycles. The van der Waals surface area contributed by atoms with Gasteiger partial charge in [0, 0.05) is 12.4 Å². The van der Waals surface area contributed by atoms with Gasteiger partial charge < -0.3 is 5.11 Å². The summed E-state index contributed by atoms with van der Waals surface area (Å²) < 4.78 is 1.78. The first-order chi connectivity index (χ1) is 6.62. The van der Waals surface area contributed by atoms with Crippen molar-refractivity contribution in [3.63, 3.8) is 0 Å². The lowest BCUT2D eigenvalue weighted by atomic mass is 9.96. The molecule has 14 heavy (non-hydrogen) atoms. The van der Waals surface area contributed by atoms with Gasteiger partial charge in [-0.2, -0.15) is 5.10 Å². The van der Waals surface area contributed by atoms with Gasteiger partial charge in [0.25, 0.3) is 0 Å². The zero-order valence-electron chi connectivity index (χ0n) is 8.18. The Morgan fingerprint density at radius 2 is 2.43 bits per heavy atom. The highest BCUT2D eigenvalue weighted by molar-refractivity contribution is 5.67. The summed E-state index contributed by atoms with van der Waals surface area (Å²) in [5, 5.41) is 13.0. The molecule has 1 heterocycles. The molecule has 1 aliphatic carbocycles. The average Bonchev–Trinajstić information content (AvgIpc) is 2.69. The third-order valence-corrected chi connectivity index (χ3v) is 3.06. The Morgan fingerprint density at radius 3 is 2.86 bits per heavy atom. The van der Waals surface area contributed by atoms with E-state index in [2.05, 4.69) is 12.0 Å². The third-order valence-electron chi connectivity index (χ3n) is 3.06. The van der Waals surface area contributed by atoms with Gasteiger partial charge in [-0.05, 0) is 24.3 Å². The first kappa shape index (κ1) is 9.24. The Kier molecular flexibility index (Phi) is 2.06. The summed E-state index contributed by atoms with van der Waals surface area (Å²) in [7, 11) is 0. The summed E-state index contributed by atoms with van der Waals surface area (Å²) in [5.74, 6) is -0.751. The Balaban J connectivity index is 2.19. The molecule has 0 spiro atoms. The standard InChI is InChI=1S/C10H14N2O2/c1-10(3-4-10)8(7-9(13)14)12-6-2-5-11-12/h2,5-6,8H,3-4,7H2,1H3,(H,13,14). The van der Waals surface area contributed by atoms with Gasteiger partial charge in [0.1, 0.15) is 0 Å². The van der Waals surface area contributed by atoms with Crippen molar-refractivity contribution >= 4 is 5.97 Å². The molecule has 1 fully saturated rings. The molecule has 0 amide bonds. The molecule has 1 aliphatic rings. The van der Waals surface area contributed by atoms with Crippen LogP contribution in [0.3, 0.4) is 0 Å². The molecule has 0 saturated heterocycles. The molecule has 76 valence electrons. The van der Waals surface area contributed by atoms with E-state index < -0.39 is 5.97 Å². The van der Waals surface area contributed by atoms with E-state index >= 15 is 0 Å². The van der Waals surface area contributed by atoms with E-state index in [1.54, 1.807) is 10.9 Å². The van der Waals surface area contributed by atoms with Crippen LogP contribution < -0.4 is 0 Å². The van der Waals surface area contributed by atoms with Crippen LogP contribution in [0.5, 0.6) is 0 Å². The van der Waals surface area contributed by atoms with Crippen molar-refractivity contribution in [3.05, 3.63) is 18.5 Å². The highest BCUT2D eigenvalue weighted by atomic mass is 16.4. The first-order valence-electron chi connectivity index (χ1n) is 4.83. The van der Waals surface area contributed by atoms with Gasteiger partial charge in [0.05, 0.1) is 12.5 Å². The molecule has 1 aromatic heterocycles. The monoisotopic (exact) mass is 194 g/mol. The highest BCUT2D eigenvalue weighted by Crippen LogP contribution is 2.54. The van der Waals surface area contributed by atoms with E-state index in [1.807, 2.05) is 12.3 Å². The quantitative estimate of drug-likeness (QED) is 0.793. The fraction of sp³-hybridized carbons (Fsp3) is 0.600. The first-order valence-corrected chi connectivity index (χ1v) is 4.83. The van der Waals surface area contributed by atoms with Crippen LogP contribution in [0, 0.1) is 5.41 Å². The summed E-state index contributed by atoms with van der Waals surface area (Å²) in [6, 6.07) is 1.84. The van der Waals surface area contributed by atoms with Crippen molar-refractivity contribution < 1.29 is 9.90 Å². The lowest BCUT2D eigenvalue weighted by molar-refractivity contribution is -0.138. The second kappa shape index (κ2) is 3.12. The summed E-state index contributed by atoms with van der Waals surface area (Å²) in [6.45, 7) is 2.13. The van der Waals surface area contributed by atoms with Crippen LogP contribution in [0.15, 0.2) is 18.5 Å². The van der Waals surface area contributed by atoms with Crippen LogP contribution in [-0.4, -0.2) is 20.9 Å². The number of carboxylic acid groups (broad SMARTS) is 1. The van der Waals surface area contributed by atoms with E-state index in [9.17, 15) is 4.79 Å². The van der Waals surface area contributed by atoms with E-state index in [1.165, 1.54) is 0 Å². The largest absolute Gasteiger partial charge is 0.481 e. The zero-order valence-corrected chi connectivity index (χ0v) is 8.18. The number of hydrogen-bond acceptors (Lipinski definition) is 2. The van der Waals surface area contributed by atoms with Crippen LogP contribution in [0.4, 0.5) is 0 Å². The minimum Gasteiger partial charge on any atom is -0.481 e. The summed E-state index contributed by atoms with van der Waals surface area (Å²) in [5.41, 5.74) is 0.143. The lowest BCUT2D eigenvalue weighted by Crippen LogP contribution is -2.22. The fourth-order valence-electron chi connectivity index (χ4n) is 1.82. The molecule has 4 nitrogen and oxygen atoms in total. The summed E-state index contributed by atoms with van der Waals surface area (Å²) in [4.78, 5) is 10.7. The van der Waals surface area contributed by atoms with Crippen LogP contribution in [0.2, 0.25) is 0 Å². The minimum absolute atomic E-state index is 0.00926. The molecule has 2 rings (SSSR count). The molecular formula is C10H14N2O2. The van der Waals surface area contributed by atoms with Crippen molar-refractivity contribution in [1.29, 1.82) is 0 Å². The van der Waals surface area contributed by atoms with Crippen LogP contribution >= 0.6 is 0 Å². The predicted octanol–water partition coefficient (Wildman–Crippen LogP) is 1.70. The van der Waals surface area contributed by atoms with Crippen LogP contribution in [-0.2, 0) is 4.79 Å². The molecule has 0 aliphatic heterocycles. The fourth-order valence-corrected chi connectivity index (χ4v) is 1.82. The lowest BCUT2D eigenvalue weighted by Gasteiger charge is -2.22. The van der Waals surface area contributed by atoms with Gasteiger partial charge in [-0.3, -0.25) is 9.48 Å². The Labute approximate surface area is 82.5 Å². The molecule has 0 radical (unpaired) electrons. The number of aromatic nitrogens is 2. The topological polar surface area (TPSA) is 55.1 Å². The second-order valence-corrected chi connectivity index (χ2v) is 4.25. The van der Waals surface area contributed by atoms with Crippen molar-refractivity contribution in [2.75, 3.05) is 0 Å². The molecule has 0 bridgehead atoms. The third kappa shape index (κ3) is 1.64. The number of nitrogens with zero attached hydrogens (tertiary/aromatic N) is 2. The Bertz CT molecular complexity index is 328. The number of rotatable bonds is 4. The van der Waals surface area contributed by atoms with Gasteiger partial charge in [-0.25, -0.2) is 0 Å². The van der Waals surface area contributed by atoms with Gasteiger partial charge in [-0.1, -0.05) is 6.92 Å². The van der Waals surface area contributed by atoms with E-state index in [0.29, 0.717) is 0 Å². The van der Waals surface area contributed by atoms with Gasteiger partial charge in [-0.15, -0.1) is 0 Å². The van der Waals surface area contributed by atoms with E-state index in [-0.39, 0.29) is 17.9 Å². The van der Waals surface area contributed by atoms with Crippen molar-refractivity contribution in [3.8, 4) is 0 Å². The van der Waals surface area contributed by atoms with Crippen molar-refractivity contribution in [2.24, 2.45) is 5.41 Å². The molecule has 4 heteroatoms. The molecular weight excluding hydrogens is 180 g/mol. The smallest absolute Gasteiger partial charge is 0.305 e. The minimum atomic E-state index is -0.751. The number of hydrogen-bond donors (Lipinski definition) is 1. The number of carbonyl (C=O) groups is 1. The van der Waals surface area contributed by atoms with Gasteiger partial charge in [0.15, 0.2) is 0 Å². The highest BCUT2D eigenvalue weighted by Gasteiger charge is 2.46. The number of aliphatic carboxylic acids is 1.